The average molecular weight is 306 g/mol. The minimum absolute atomic E-state index is 1.01. The SMILES string of the molecule is c1cncc(CN2CCN(Cc3cc4ccccc4[nH]3)CC2)c1. The van der Waals surface area contributed by atoms with Crippen LogP contribution in [0.2, 0.25) is 0 Å². The van der Waals surface area contributed by atoms with Gasteiger partial charge in [0.1, 0.15) is 0 Å². The average Bonchev–Trinajstić information content (AvgIpc) is 3.00. The van der Waals surface area contributed by atoms with Crippen molar-refractivity contribution < 1.29 is 0 Å². The van der Waals surface area contributed by atoms with Crippen LogP contribution < -0.4 is 0 Å². The van der Waals surface area contributed by atoms with Gasteiger partial charge in [-0.1, -0.05) is 24.3 Å². The van der Waals surface area contributed by atoms with Gasteiger partial charge in [0.15, 0.2) is 0 Å². The Kier molecular flexibility index (Phi) is 4.09. The summed E-state index contributed by atoms with van der Waals surface area (Å²) in [6.45, 7) is 6.50. The van der Waals surface area contributed by atoms with Gasteiger partial charge in [-0.15, -0.1) is 0 Å². The zero-order chi connectivity index (χ0) is 15.5. The van der Waals surface area contributed by atoms with Crippen LogP contribution in [0.25, 0.3) is 10.9 Å². The summed E-state index contributed by atoms with van der Waals surface area (Å²) in [5.41, 5.74) is 3.85. The zero-order valence-electron chi connectivity index (χ0n) is 13.3. The molecule has 1 aliphatic rings. The molecule has 4 heteroatoms. The van der Waals surface area contributed by atoms with Gasteiger partial charge in [0.25, 0.3) is 0 Å². The first-order valence-corrected chi connectivity index (χ1v) is 8.27. The molecule has 23 heavy (non-hydrogen) atoms. The summed E-state index contributed by atoms with van der Waals surface area (Å²) >= 11 is 0. The van der Waals surface area contributed by atoms with Crippen LogP contribution in [-0.4, -0.2) is 45.9 Å². The van der Waals surface area contributed by atoms with Crippen LogP contribution in [-0.2, 0) is 13.1 Å². The number of nitrogens with zero attached hydrogens (tertiary/aromatic N) is 3. The zero-order valence-corrected chi connectivity index (χ0v) is 13.3. The number of nitrogens with one attached hydrogen (secondary N) is 1. The first kappa shape index (κ1) is 14.4. The molecule has 3 aromatic rings. The van der Waals surface area contributed by atoms with E-state index in [9.17, 15) is 0 Å². The van der Waals surface area contributed by atoms with E-state index >= 15 is 0 Å². The summed E-state index contributed by atoms with van der Waals surface area (Å²) in [5, 5.41) is 1.30. The lowest BCUT2D eigenvalue weighted by atomic mass is 10.2. The molecule has 3 heterocycles. The van der Waals surface area contributed by atoms with Gasteiger partial charge in [0.2, 0.25) is 0 Å². The van der Waals surface area contributed by atoms with Crippen molar-refractivity contribution in [2.45, 2.75) is 13.1 Å². The number of rotatable bonds is 4. The van der Waals surface area contributed by atoms with E-state index in [-0.39, 0.29) is 0 Å². The van der Waals surface area contributed by atoms with Gasteiger partial charge in [0.05, 0.1) is 0 Å². The van der Waals surface area contributed by atoms with E-state index in [1.54, 1.807) is 0 Å². The molecule has 0 amide bonds. The van der Waals surface area contributed by atoms with Crippen molar-refractivity contribution in [1.82, 2.24) is 19.8 Å². The van der Waals surface area contributed by atoms with E-state index in [4.69, 9.17) is 0 Å². The second-order valence-electron chi connectivity index (χ2n) is 6.30. The normalized spacial score (nSPS) is 16.9. The summed E-state index contributed by atoms with van der Waals surface area (Å²) in [7, 11) is 0. The molecule has 4 nitrogen and oxygen atoms in total. The smallest absolute Gasteiger partial charge is 0.0456 e. The number of aromatic nitrogens is 2. The van der Waals surface area contributed by atoms with E-state index < -0.39 is 0 Å². The molecule has 0 atom stereocenters. The molecule has 0 aliphatic carbocycles. The molecule has 1 aromatic carbocycles. The second-order valence-corrected chi connectivity index (χ2v) is 6.30. The predicted molar refractivity (Wildman–Crippen MR) is 93.1 cm³/mol. The number of hydrogen-bond acceptors (Lipinski definition) is 3. The topological polar surface area (TPSA) is 35.2 Å². The van der Waals surface area contributed by atoms with Crippen molar-refractivity contribution >= 4 is 10.9 Å². The molecule has 1 saturated heterocycles. The van der Waals surface area contributed by atoms with Crippen molar-refractivity contribution in [3.63, 3.8) is 0 Å². The summed E-state index contributed by atoms with van der Waals surface area (Å²) in [4.78, 5) is 12.8. The molecule has 1 aliphatic heterocycles. The maximum Gasteiger partial charge on any atom is 0.0456 e. The molecule has 0 radical (unpaired) electrons. The third kappa shape index (κ3) is 3.44. The largest absolute Gasteiger partial charge is 0.357 e. The van der Waals surface area contributed by atoms with E-state index in [0.717, 1.165) is 39.3 Å². The Morgan fingerprint density at radius 1 is 0.913 bits per heavy atom. The standard InChI is InChI=1S/C19H22N4/c1-2-6-19-17(5-1)12-18(21-19)15-23-10-8-22(9-11-23)14-16-4-3-7-20-13-16/h1-7,12-13,21H,8-11,14-15H2. The monoisotopic (exact) mass is 306 g/mol. The maximum absolute atomic E-state index is 4.20. The molecular formula is C19H22N4. The highest BCUT2D eigenvalue weighted by atomic mass is 15.3. The van der Waals surface area contributed by atoms with Crippen molar-refractivity contribution in [2.75, 3.05) is 26.2 Å². The van der Waals surface area contributed by atoms with Gasteiger partial charge in [0, 0.05) is 62.9 Å². The Hall–Kier alpha value is -2.17. The lowest BCUT2D eigenvalue weighted by Gasteiger charge is -2.34. The Morgan fingerprint density at radius 3 is 2.43 bits per heavy atom. The van der Waals surface area contributed by atoms with Gasteiger partial charge in [-0.25, -0.2) is 0 Å². The fourth-order valence-electron chi connectivity index (χ4n) is 3.31. The number of para-hydroxylation sites is 1. The number of benzene rings is 1. The Labute approximate surface area is 136 Å². The van der Waals surface area contributed by atoms with Crippen molar-refractivity contribution in [1.29, 1.82) is 0 Å². The minimum Gasteiger partial charge on any atom is -0.357 e. The lowest BCUT2D eigenvalue weighted by molar-refractivity contribution is 0.121. The van der Waals surface area contributed by atoms with Crippen LogP contribution in [0, 0.1) is 0 Å². The third-order valence-electron chi connectivity index (χ3n) is 4.57. The molecule has 0 bridgehead atoms. The molecule has 1 N–H and O–H groups in total. The van der Waals surface area contributed by atoms with Crippen LogP contribution in [0.5, 0.6) is 0 Å². The first-order chi connectivity index (χ1) is 11.4. The quantitative estimate of drug-likeness (QED) is 0.805. The summed E-state index contributed by atoms with van der Waals surface area (Å²) in [6, 6.07) is 14.9. The molecule has 2 aromatic heterocycles. The van der Waals surface area contributed by atoms with Crippen molar-refractivity contribution in [2.24, 2.45) is 0 Å². The molecule has 0 spiro atoms. The van der Waals surface area contributed by atoms with Gasteiger partial charge in [-0.05, 0) is 29.1 Å². The number of H-pyrrole nitrogens is 1. The third-order valence-corrected chi connectivity index (χ3v) is 4.57. The molecule has 118 valence electrons. The number of hydrogen-bond donors (Lipinski definition) is 1. The van der Waals surface area contributed by atoms with E-state index in [2.05, 4.69) is 56.2 Å². The first-order valence-electron chi connectivity index (χ1n) is 8.27. The highest BCUT2D eigenvalue weighted by Gasteiger charge is 2.17. The number of pyridine rings is 1. The van der Waals surface area contributed by atoms with Crippen LogP contribution in [0.1, 0.15) is 11.3 Å². The van der Waals surface area contributed by atoms with Gasteiger partial charge >= 0.3 is 0 Å². The minimum atomic E-state index is 1.01. The number of fused-ring (bicyclic) bond motifs is 1. The Bertz CT molecular complexity index is 724. The van der Waals surface area contributed by atoms with E-state index in [0.29, 0.717) is 0 Å². The van der Waals surface area contributed by atoms with Crippen LogP contribution in [0.3, 0.4) is 0 Å². The Balaban J connectivity index is 1.32. The molecule has 0 saturated carbocycles. The highest BCUT2D eigenvalue weighted by Crippen LogP contribution is 2.17. The lowest BCUT2D eigenvalue weighted by Crippen LogP contribution is -2.45. The fourth-order valence-corrected chi connectivity index (χ4v) is 3.31. The molecule has 4 rings (SSSR count). The summed E-state index contributed by atoms with van der Waals surface area (Å²) in [5.74, 6) is 0. The number of piperazine rings is 1. The van der Waals surface area contributed by atoms with Gasteiger partial charge < -0.3 is 4.98 Å². The van der Waals surface area contributed by atoms with Gasteiger partial charge in [-0.3, -0.25) is 14.8 Å². The molecule has 0 unspecified atom stereocenters. The van der Waals surface area contributed by atoms with Crippen LogP contribution >= 0.6 is 0 Å². The van der Waals surface area contributed by atoms with E-state index in [1.807, 2.05) is 18.5 Å². The van der Waals surface area contributed by atoms with Crippen LogP contribution in [0.4, 0.5) is 0 Å². The van der Waals surface area contributed by atoms with E-state index in [1.165, 1.54) is 22.2 Å². The van der Waals surface area contributed by atoms with Crippen molar-refractivity contribution in [3.8, 4) is 0 Å². The predicted octanol–water partition coefficient (Wildman–Crippen LogP) is 2.88. The number of aromatic amines is 1. The molecular weight excluding hydrogens is 284 g/mol. The van der Waals surface area contributed by atoms with Crippen LogP contribution in [0.15, 0.2) is 54.9 Å². The second kappa shape index (κ2) is 6.52. The highest BCUT2D eigenvalue weighted by molar-refractivity contribution is 5.80. The van der Waals surface area contributed by atoms with Crippen molar-refractivity contribution in [3.05, 3.63) is 66.1 Å². The maximum atomic E-state index is 4.20. The molecule has 1 fully saturated rings. The van der Waals surface area contributed by atoms with Gasteiger partial charge in [-0.2, -0.15) is 0 Å². The summed E-state index contributed by atoms with van der Waals surface area (Å²) < 4.78 is 0. The summed E-state index contributed by atoms with van der Waals surface area (Å²) in [6.07, 6.45) is 3.80. The Morgan fingerprint density at radius 2 is 1.70 bits per heavy atom. The fraction of sp³-hybridized carbons (Fsp3) is 0.316.